The van der Waals surface area contributed by atoms with E-state index < -0.39 is 0 Å². The Morgan fingerprint density at radius 2 is 2.11 bits per heavy atom. The maximum atomic E-state index is 10.5. The van der Waals surface area contributed by atoms with Gasteiger partial charge in [0, 0.05) is 12.5 Å². The van der Waals surface area contributed by atoms with Crippen LogP contribution in [0.2, 0.25) is 0 Å². The van der Waals surface area contributed by atoms with E-state index in [-0.39, 0.29) is 11.5 Å². The quantitative estimate of drug-likeness (QED) is 0.871. The molecule has 1 fully saturated rings. The molecule has 4 nitrogen and oxygen atoms in total. The molecule has 1 aliphatic carbocycles. The minimum Gasteiger partial charge on any atom is -0.481 e. The summed E-state index contributed by atoms with van der Waals surface area (Å²) in [5.74, 6) is 0.559. The minimum absolute atomic E-state index is 0.0954. The first kappa shape index (κ1) is 13.3. The number of aliphatic hydroxyl groups excluding tert-OH is 1. The van der Waals surface area contributed by atoms with Crippen LogP contribution in [0.4, 0.5) is 0 Å². The zero-order chi connectivity index (χ0) is 13.0. The molecule has 1 saturated carbocycles. The molecule has 0 aliphatic heterocycles. The highest BCUT2D eigenvalue weighted by Crippen LogP contribution is 2.44. The molecule has 0 radical (unpaired) electrons. The molecule has 1 aromatic rings. The number of aliphatic hydroxyl groups is 1. The van der Waals surface area contributed by atoms with Crippen molar-refractivity contribution >= 4 is 0 Å². The number of hydrogen-bond donors (Lipinski definition) is 1. The van der Waals surface area contributed by atoms with Crippen molar-refractivity contribution in [1.82, 2.24) is 9.97 Å². The highest BCUT2D eigenvalue weighted by atomic mass is 16.5. The van der Waals surface area contributed by atoms with Gasteiger partial charge < -0.3 is 9.84 Å². The van der Waals surface area contributed by atoms with E-state index in [0.717, 1.165) is 25.0 Å². The molecule has 2 rings (SSSR count). The number of methoxy groups -OCH3 is 1. The van der Waals surface area contributed by atoms with E-state index in [1.165, 1.54) is 19.2 Å². The fourth-order valence-electron chi connectivity index (χ4n) is 3.02. The zero-order valence-electron chi connectivity index (χ0n) is 11.2. The summed E-state index contributed by atoms with van der Waals surface area (Å²) in [6.07, 6.45) is 7.54. The van der Waals surface area contributed by atoms with E-state index in [1.54, 1.807) is 7.11 Å². The van der Waals surface area contributed by atoms with Gasteiger partial charge in [-0.05, 0) is 24.7 Å². The van der Waals surface area contributed by atoms with Crippen LogP contribution in [0.3, 0.4) is 0 Å². The van der Waals surface area contributed by atoms with Gasteiger partial charge in [0.2, 0.25) is 5.88 Å². The lowest BCUT2D eigenvalue weighted by molar-refractivity contribution is 0.0250. The molecule has 1 atom stereocenters. The molecule has 0 spiro atoms. The van der Waals surface area contributed by atoms with Crippen molar-refractivity contribution in [3.05, 3.63) is 18.1 Å². The number of hydrogen-bond acceptors (Lipinski definition) is 4. The minimum atomic E-state index is -0.315. The van der Waals surface area contributed by atoms with Gasteiger partial charge in [-0.2, -0.15) is 0 Å². The van der Waals surface area contributed by atoms with Crippen molar-refractivity contribution in [3.63, 3.8) is 0 Å². The van der Waals surface area contributed by atoms with E-state index >= 15 is 0 Å². The normalized spacial score (nSPS) is 19.7. The SMILES string of the molecule is CCC1(C(O)Cc2cc(OC)ncn2)CCCC1. The van der Waals surface area contributed by atoms with E-state index in [4.69, 9.17) is 4.74 Å². The second-order valence-corrected chi connectivity index (χ2v) is 5.19. The number of rotatable bonds is 5. The highest BCUT2D eigenvalue weighted by molar-refractivity contribution is 5.14. The standard InChI is InChI=1S/C14H22N2O2/c1-3-14(6-4-5-7-14)12(17)8-11-9-13(18-2)16-10-15-11/h9-10,12,17H,3-8H2,1-2H3. The molecule has 18 heavy (non-hydrogen) atoms. The lowest BCUT2D eigenvalue weighted by atomic mass is 9.76. The zero-order valence-corrected chi connectivity index (χ0v) is 11.2. The monoisotopic (exact) mass is 250 g/mol. The Bertz CT molecular complexity index is 389. The summed E-state index contributed by atoms with van der Waals surface area (Å²) in [4.78, 5) is 8.20. The maximum absolute atomic E-state index is 10.5. The Balaban J connectivity index is 2.07. The summed E-state index contributed by atoms with van der Waals surface area (Å²) >= 11 is 0. The molecule has 1 heterocycles. The summed E-state index contributed by atoms with van der Waals surface area (Å²) in [6.45, 7) is 2.18. The van der Waals surface area contributed by atoms with Crippen LogP contribution in [-0.2, 0) is 6.42 Å². The van der Waals surface area contributed by atoms with E-state index in [9.17, 15) is 5.11 Å². The molecule has 4 heteroatoms. The van der Waals surface area contributed by atoms with Gasteiger partial charge in [-0.1, -0.05) is 19.8 Å². The van der Waals surface area contributed by atoms with Crippen LogP contribution in [0.25, 0.3) is 0 Å². The van der Waals surface area contributed by atoms with Crippen molar-refractivity contribution in [2.75, 3.05) is 7.11 Å². The molecule has 0 amide bonds. The van der Waals surface area contributed by atoms with Crippen LogP contribution in [0.1, 0.15) is 44.7 Å². The fourth-order valence-corrected chi connectivity index (χ4v) is 3.02. The third kappa shape index (κ3) is 2.64. The summed E-state index contributed by atoms with van der Waals surface area (Å²) in [6, 6.07) is 1.81. The van der Waals surface area contributed by atoms with Crippen LogP contribution >= 0.6 is 0 Å². The first-order valence-corrected chi connectivity index (χ1v) is 6.73. The predicted molar refractivity (Wildman–Crippen MR) is 69.5 cm³/mol. The van der Waals surface area contributed by atoms with Gasteiger partial charge in [-0.25, -0.2) is 9.97 Å². The molecule has 0 aromatic carbocycles. The van der Waals surface area contributed by atoms with Gasteiger partial charge in [0.1, 0.15) is 6.33 Å². The Kier molecular flexibility index (Phi) is 4.17. The first-order chi connectivity index (χ1) is 8.70. The molecule has 100 valence electrons. The smallest absolute Gasteiger partial charge is 0.216 e. The fraction of sp³-hybridized carbons (Fsp3) is 0.714. The van der Waals surface area contributed by atoms with E-state index in [2.05, 4.69) is 16.9 Å². The van der Waals surface area contributed by atoms with Crippen molar-refractivity contribution in [1.29, 1.82) is 0 Å². The molecular weight excluding hydrogens is 228 g/mol. The summed E-state index contributed by atoms with van der Waals surface area (Å²) in [7, 11) is 1.59. The van der Waals surface area contributed by atoms with E-state index in [1.807, 2.05) is 6.07 Å². The van der Waals surface area contributed by atoms with Gasteiger partial charge in [-0.15, -0.1) is 0 Å². The predicted octanol–water partition coefficient (Wildman–Crippen LogP) is 2.36. The summed E-state index contributed by atoms with van der Waals surface area (Å²) in [5.41, 5.74) is 0.951. The lowest BCUT2D eigenvalue weighted by Gasteiger charge is -2.33. The number of nitrogens with zero attached hydrogens (tertiary/aromatic N) is 2. The molecule has 1 aliphatic rings. The Hall–Kier alpha value is -1.16. The van der Waals surface area contributed by atoms with Gasteiger partial charge in [0.15, 0.2) is 0 Å². The molecule has 0 bridgehead atoms. The van der Waals surface area contributed by atoms with Crippen molar-refractivity contribution in [2.45, 2.75) is 51.6 Å². The van der Waals surface area contributed by atoms with Gasteiger partial charge in [0.25, 0.3) is 0 Å². The molecular formula is C14H22N2O2. The van der Waals surface area contributed by atoms with Gasteiger partial charge in [-0.3, -0.25) is 0 Å². The largest absolute Gasteiger partial charge is 0.481 e. The average Bonchev–Trinajstić information content (AvgIpc) is 2.89. The second kappa shape index (κ2) is 5.65. The third-order valence-corrected chi connectivity index (χ3v) is 4.32. The average molecular weight is 250 g/mol. The number of aromatic nitrogens is 2. The molecule has 1 aromatic heterocycles. The lowest BCUT2D eigenvalue weighted by Crippen LogP contribution is -2.34. The molecule has 0 saturated heterocycles. The second-order valence-electron chi connectivity index (χ2n) is 5.19. The Morgan fingerprint density at radius 1 is 1.39 bits per heavy atom. The summed E-state index contributed by atoms with van der Waals surface area (Å²) < 4.78 is 5.08. The Morgan fingerprint density at radius 3 is 2.72 bits per heavy atom. The number of ether oxygens (including phenoxy) is 1. The topological polar surface area (TPSA) is 55.2 Å². The van der Waals surface area contributed by atoms with Crippen molar-refractivity contribution in [3.8, 4) is 5.88 Å². The van der Waals surface area contributed by atoms with Crippen LogP contribution in [0.5, 0.6) is 5.88 Å². The van der Waals surface area contributed by atoms with Crippen LogP contribution in [0.15, 0.2) is 12.4 Å². The van der Waals surface area contributed by atoms with Gasteiger partial charge in [0.05, 0.1) is 18.9 Å². The van der Waals surface area contributed by atoms with Gasteiger partial charge >= 0.3 is 0 Å². The molecule has 1 N–H and O–H groups in total. The maximum Gasteiger partial charge on any atom is 0.216 e. The van der Waals surface area contributed by atoms with Crippen molar-refractivity contribution in [2.24, 2.45) is 5.41 Å². The highest BCUT2D eigenvalue weighted by Gasteiger charge is 2.38. The van der Waals surface area contributed by atoms with Crippen LogP contribution in [-0.4, -0.2) is 28.3 Å². The Labute approximate surface area is 108 Å². The summed E-state index contributed by atoms with van der Waals surface area (Å²) in [5, 5.41) is 10.5. The first-order valence-electron chi connectivity index (χ1n) is 6.73. The van der Waals surface area contributed by atoms with Crippen LogP contribution < -0.4 is 4.74 Å². The van der Waals surface area contributed by atoms with Crippen LogP contribution in [0, 0.1) is 5.41 Å². The molecule has 1 unspecified atom stereocenters. The van der Waals surface area contributed by atoms with E-state index in [0.29, 0.717) is 12.3 Å². The van der Waals surface area contributed by atoms with Crippen molar-refractivity contribution < 1.29 is 9.84 Å². The third-order valence-electron chi connectivity index (χ3n) is 4.32.